The van der Waals surface area contributed by atoms with Crippen LogP contribution in [0, 0.1) is 23.4 Å². The molecule has 64 heavy (non-hydrogen) atoms. The Kier molecular flexibility index (Phi) is 10.4. The maximum Gasteiger partial charge on any atom is 0.435 e. The number of nitrogens with one attached hydrogen (secondary N) is 2. The largest absolute Gasteiger partial charge is 0.435 e. The molecule has 2 fully saturated rings. The van der Waals surface area contributed by atoms with Crippen molar-refractivity contribution >= 4 is 44.3 Å². The highest BCUT2D eigenvalue weighted by molar-refractivity contribution is 7.22. The van der Waals surface area contributed by atoms with Gasteiger partial charge in [0.2, 0.25) is 5.91 Å². The minimum absolute atomic E-state index is 0.0994. The number of fused-ring (bicyclic) bond motifs is 4. The molecule has 3 aromatic carbocycles. The molecule has 2 aliphatic carbocycles. The molecule has 3 aliphatic rings. The lowest BCUT2D eigenvalue weighted by Gasteiger charge is -2.36. The highest BCUT2D eigenvalue weighted by Gasteiger charge is 2.49. The number of imidazole rings is 1. The summed E-state index contributed by atoms with van der Waals surface area (Å²) in [6.45, 7) is 2.05. The molecule has 7 aromatic rings. The first-order valence-corrected chi connectivity index (χ1v) is 21.5. The zero-order valence-electron chi connectivity index (χ0n) is 33.8. The number of thiazole rings is 1. The normalized spacial score (nSPS) is 17.6. The number of rotatable bonds is 11. The molecule has 12 nitrogen and oxygen atoms in total. The zero-order chi connectivity index (χ0) is 44.4. The van der Waals surface area contributed by atoms with Crippen molar-refractivity contribution < 1.29 is 35.9 Å². The molecule has 10 rings (SSSR count). The molecule has 0 bridgehead atoms. The summed E-state index contributed by atoms with van der Waals surface area (Å²) >= 11 is 1.36. The summed E-state index contributed by atoms with van der Waals surface area (Å²) in [4.78, 5) is 48.1. The lowest BCUT2D eigenvalue weighted by Crippen LogP contribution is -2.46. The number of aromatic amines is 1. The van der Waals surface area contributed by atoms with E-state index in [9.17, 15) is 35.9 Å². The third-order valence-corrected chi connectivity index (χ3v) is 13.3. The monoisotopic (exact) mass is 896 g/mol. The van der Waals surface area contributed by atoms with Crippen LogP contribution in [0.3, 0.4) is 0 Å². The zero-order valence-corrected chi connectivity index (χ0v) is 34.6. The summed E-state index contributed by atoms with van der Waals surface area (Å²) in [6, 6.07) is 15.3. The number of nitrogens with two attached hydrogens (primary N) is 1. The molecule has 2 unspecified atom stereocenters. The maximum absolute atomic E-state index is 14.9. The molecule has 1 saturated heterocycles. The van der Waals surface area contributed by atoms with Gasteiger partial charge >= 0.3 is 6.18 Å². The number of nitrogens with zero attached hydrogens (tertiary/aromatic N) is 7. The number of carbonyl (C=O) groups is 2. The first-order chi connectivity index (χ1) is 30.7. The summed E-state index contributed by atoms with van der Waals surface area (Å²) < 4.78 is 88.5. The number of carbonyl (C=O) groups excluding carboxylic acids is 2. The number of hydrogen-bond donors (Lipinski definition) is 3. The van der Waals surface area contributed by atoms with Crippen molar-refractivity contribution in [3.63, 3.8) is 0 Å². The van der Waals surface area contributed by atoms with E-state index in [0.29, 0.717) is 71.7 Å². The van der Waals surface area contributed by atoms with Crippen molar-refractivity contribution in [3.05, 3.63) is 130 Å². The standard InChI is InChI=1S/C45H38F6N10O2S/c46-27-15-23(16-28(47)20-27)17-35(55-37(62)22-61-39-30(7-3-26-18-32(26)39)40(58-61)45(49,50)51)38-31(25-4-8-34(48)33(19-25)41(52)63)21-36-43(56-38)57-44(64-36)60-13-11-59(12-14-60)29-5-1-24(2-6-29)42-53-9-10-54-42/h1-2,4-6,8-10,15-16,19-21,26,32,35H,3,7,11-14,17-18,22H2,(H2,52,63)(H,53,54)(H,55,62)/t26?,32?,35-/m0/s1. The van der Waals surface area contributed by atoms with Gasteiger partial charge in [0.25, 0.3) is 5.91 Å². The predicted octanol–water partition coefficient (Wildman–Crippen LogP) is 7.96. The number of primary amides is 1. The molecule has 0 radical (unpaired) electrons. The Balaban J connectivity index is 1.00. The van der Waals surface area contributed by atoms with Crippen molar-refractivity contribution in [1.29, 1.82) is 0 Å². The Morgan fingerprint density at radius 1 is 0.922 bits per heavy atom. The Labute approximate surface area is 365 Å². The smallest absolute Gasteiger partial charge is 0.368 e. The van der Waals surface area contributed by atoms with E-state index in [1.807, 2.05) is 12.1 Å². The van der Waals surface area contributed by atoms with E-state index in [0.717, 1.165) is 40.0 Å². The van der Waals surface area contributed by atoms with Gasteiger partial charge in [-0.25, -0.2) is 23.1 Å². The van der Waals surface area contributed by atoms with Gasteiger partial charge in [-0.1, -0.05) is 17.4 Å². The van der Waals surface area contributed by atoms with Crippen molar-refractivity contribution in [2.24, 2.45) is 11.7 Å². The Hall–Kier alpha value is -6.76. The third-order valence-electron chi connectivity index (χ3n) is 12.2. The minimum atomic E-state index is -4.72. The lowest BCUT2D eigenvalue weighted by molar-refractivity contribution is -0.142. The fourth-order valence-corrected chi connectivity index (χ4v) is 10.1. The van der Waals surface area contributed by atoms with E-state index in [-0.39, 0.29) is 47.1 Å². The van der Waals surface area contributed by atoms with Crippen LogP contribution in [0.15, 0.2) is 79.1 Å². The van der Waals surface area contributed by atoms with Gasteiger partial charge in [-0.2, -0.15) is 23.3 Å². The van der Waals surface area contributed by atoms with Crippen molar-refractivity contribution in [2.75, 3.05) is 36.0 Å². The number of pyridine rings is 1. The quantitative estimate of drug-likeness (QED) is 0.111. The highest BCUT2D eigenvalue weighted by Crippen LogP contribution is 2.56. The van der Waals surface area contributed by atoms with Crippen LogP contribution in [-0.2, 0) is 30.4 Å². The number of amides is 2. The first kappa shape index (κ1) is 41.3. The number of halogens is 6. The van der Waals surface area contributed by atoms with Crippen LogP contribution in [0.4, 0.5) is 37.2 Å². The van der Waals surface area contributed by atoms with E-state index in [2.05, 4.69) is 42.3 Å². The second kappa shape index (κ2) is 16.1. The summed E-state index contributed by atoms with van der Waals surface area (Å²) in [7, 11) is 0. The molecule has 5 heterocycles. The Morgan fingerprint density at radius 3 is 2.36 bits per heavy atom. The van der Waals surface area contributed by atoms with Gasteiger partial charge in [0.15, 0.2) is 16.5 Å². The number of anilines is 2. The predicted molar refractivity (Wildman–Crippen MR) is 227 cm³/mol. The molecule has 3 atom stereocenters. The topological polar surface area (TPSA) is 151 Å². The van der Waals surface area contributed by atoms with Crippen LogP contribution in [0.25, 0.3) is 32.9 Å². The average Bonchev–Trinajstić information content (AvgIpc) is 3.55. The molecule has 19 heteroatoms. The molecule has 1 saturated carbocycles. The van der Waals surface area contributed by atoms with Crippen molar-refractivity contribution in [3.8, 4) is 22.5 Å². The van der Waals surface area contributed by atoms with Crippen molar-refractivity contribution in [1.82, 2.24) is 35.0 Å². The van der Waals surface area contributed by atoms with Crippen LogP contribution in [0.1, 0.15) is 63.4 Å². The number of piperazine rings is 1. The number of H-pyrrole nitrogens is 1. The number of benzene rings is 3. The lowest BCUT2D eigenvalue weighted by atomic mass is 9.94. The van der Waals surface area contributed by atoms with E-state index >= 15 is 0 Å². The molecular weight excluding hydrogens is 859 g/mol. The fraction of sp³-hybridized carbons (Fsp3) is 0.289. The van der Waals surface area contributed by atoms with Gasteiger partial charge in [-0.3, -0.25) is 14.3 Å². The van der Waals surface area contributed by atoms with Gasteiger partial charge in [0.05, 0.1) is 22.0 Å². The molecule has 4 aromatic heterocycles. The van der Waals surface area contributed by atoms with E-state index < -0.39 is 59.3 Å². The minimum Gasteiger partial charge on any atom is -0.368 e. The van der Waals surface area contributed by atoms with Crippen molar-refractivity contribution in [2.45, 2.75) is 50.4 Å². The summed E-state index contributed by atoms with van der Waals surface area (Å²) in [5.74, 6) is -3.50. The second-order valence-corrected chi connectivity index (χ2v) is 17.4. The van der Waals surface area contributed by atoms with Crippen LogP contribution >= 0.6 is 11.3 Å². The van der Waals surface area contributed by atoms with E-state index in [1.165, 1.54) is 23.5 Å². The highest BCUT2D eigenvalue weighted by atomic mass is 32.1. The molecule has 4 N–H and O–H groups in total. The third kappa shape index (κ3) is 8.03. The second-order valence-electron chi connectivity index (χ2n) is 16.4. The van der Waals surface area contributed by atoms with Crippen LogP contribution in [-0.4, -0.2) is 67.7 Å². The number of alkyl halides is 3. The SMILES string of the molecule is NC(=O)c1cc(-c2cc3sc(N4CCN(c5ccc(-c6ncc[nH]6)cc5)CC4)nc3nc2[C@H](Cc2cc(F)cc(F)c2)NC(=O)Cn2nc(C(F)(F)F)c3c2C2CC2CC3)ccc1F. The summed E-state index contributed by atoms with van der Waals surface area (Å²) in [5, 5.41) is 7.44. The first-order valence-electron chi connectivity index (χ1n) is 20.7. The molecule has 2 amide bonds. The number of hydrogen-bond acceptors (Lipinski definition) is 9. The fourth-order valence-electron chi connectivity index (χ4n) is 9.10. The van der Waals surface area contributed by atoms with Gasteiger partial charge in [0, 0.05) is 78.6 Å². The molecular formula is C45H38F6N10O2S. The van der Waals surface area contributed by atoms with Crippen LogP contribution in [0.2, 0.25) is 0 Å². The molecule has 1 aliphatic heterocycles. The Bertz CT molecular complexity index is 2910. The van der Waals surface area contributed by atoms with Crippen LogP contribution < -0.4 is 20.9 Å². The number of aromatic nitrogens is 6. The Morgan fingerprint density at radius 2 is 1.66 bits per heavy atom. The van der Waals surface area contributed by atoms with Gasteiger partial charge in [-0.05, 0) is 97.3 Å². The summed E-state index contributed by atoms with van der Waals surface area (Å²) in [5.41, 5.74) is 7.84. The average molecular weight is 897 g/mol. The van der Waals surface area contributed by atoms with E-state index in [1.54, 1.807) is 18.5 Å². The van der Waals surface area contributed by atoms with Gasteiger partial charge in [-0.15, -0.1) is 0 Å². The molecule has 0 spiro atoms. The molecule has 328 valence electrons. The van der Waals surface area contributed by atoms with E-state index in [4.69, 9.17) is 15.7 Å². The van der Waals surface area contributed by atoms with Gasteiger partial charge < -0.3 is 25.8 Å². The van der Waals surface area contributed by atoms with Crippen LogP contribution in [0.5, 0.6) is 0 Å². The summed E-state index contributed by atoms with van der Waals surface area (Å²) in [6.07, 6.45) is 0.0337. The maximum atomic E-state index is 14.9. The van der Waals surface area contributed by atoms with Gasteiger partial charge in [0.1, 0.15) is 29.8 Å².